The molecule has 1 heterocycles. The molecule has 2 atom stereocenters. The second kappa shape index (κ2) is 5.12. The van der Waals surface area contributed by atoms with Gasteiger partial charge in [-0.2, -0.15) is 37.0 Å². The summed E-state index contributed by atoms with van der Waals surface area (Å²) in [5.74, 6) is 3.49. The second-order valence-corrected chi connectivity index (χ2v) is 6.24. The van der Waals surface area contributed by atoms with Crippen molar-refractivity contribution in [3.63, 3.8) is 0 Å². The molecule has 0 amide bonds. The molecule has 1 saturated heterocycles. The normalized spacial score (nSPS) is 34.2. The fourth-order valence-corrected chi connectivity index (χ4v) is 4.41. The molecule has 1 aliphatic heterocycles. The van der Waals surface area contributed by atoms with Crippen LogP contribution in [0.25, 0.3) is 0 Å². The van der Waals surface area contributed by atoms with Crippen LogP contribution < -0.4 is 0 Å². The van der Waals surface area contributed by atoms with E-state index in [2.05, 4.69) is 25.3 Å². The molecule has 0 nitrogen and oxygen atoms in total. The summed E-state index contributed by atoms with van der Waals surface area (Å²) in [7, 11) is 0. The molecule has 60 valence electrons. The van der Waals surface area contributed by atoms with Crippen molar-refractivity contribution in [3.05, 3.63) is 0 Å². The predicted molar refractivity (Wildman–Crippen MR) is 59.9 cm³/mol. The van der Waals surface area contributed by atoms with Gasteiger partial charge >= 0.3 is 0 Å². The average molecular weight is 212 g/mol. The highest BCUT2D eigenvalue weighted by Crippen LogP contribution is 2.33. The van der Waals surface area contributed by atoms with Crippen LogP contribution in [0.4, 0.5) is 0 Å². The van der Waals surface area contributed by atoms with E-state index in [1.165, 1.54) is 17.9 Å². The Hall–Kier alpha value is 1.40. The maximum atomic E-state index is 4.39. The highest BCUT2D eigenvalue weighted by Gasteiger charge is 2.18. The quantitative estimate of drug-likeness (QED) is 0.675. The molecular formula is C6H12S4. The van der Waals surface area contributed by atoms with Crippen LogP contribution in [0.5, 0.6) is 0 Å². The molecule has 0 radical (unpaired) electrons. The fraction of sp³-hybridized carbons (Fsp3) is 1.00. The average Bonchev–Trinajstić information content (AvgIpc) is 1.95. The highest BCUT2D eigenvalue weighted by molar-refractivity contribution is 8.14. The van der Waals surface area contributed by atoms with Crippen molar-refractivity contribution in [2.45, 2.75) is 16.3 Å². The van der Waals surface area contributed by atoms with Gasteiger partial charge in [0.25, 0.3) is 0 Å². The molecule has 10 heavy (non-hydrogen) atoms. The Labute approximate surface area is 82.1 Å². The molecule has 0 spiro atoms. The van der Waals surface area contributed by atoms with Crippen molar-refractivity contribution in [1.29, 1.82) is 0 Å². The van der Waals surface area contributed by atoms with Gasteiger partial charge in [0.05, 0.1) is 4.58 Å². The topological polar surface area (TPSA) is 0 Å². The lowest BCUT2D eigenvalue weighted by Gasteiger charge is -2.24. The third-order valence-corrected chi connectivity index (χ3v) is 5.50. The molecule has 0 aromatic rings. The minimum Gasteiger partial charge on any atom is -0.179 e. The maximum Gasteiger partial charge on any atom is 0.0563 e. The number of thioether (sulfide) groups is 2. The molecular weight excluding hydrogens is 200 g/mol. The summed E-state index contributed by atoms with van der Waals surface area (Å²) >= 11 is 12.6. The zero-order chi connectivity index (χ0) is 7.40. The first-order valence-electron chi connectivity index (χ1n) is 3.35. The molecule has 0 N–H and O–H groups in total. The van der Waals surface area contributed by atoms with E-state index >= 15 is 0 Å². The molecule has 1 aliphatic rings. The van der Waals surface area contributed by atoms with E-state index in [4.69, 9.17) is 0 Å². The van der Waals surface area contributed by atoms with Crippen molar-refractivity contribution in [2.75, 3.05) is 17.3 Å². The third-order valence-electron chi connectivity index (χ3n) is 1.40. The molecule has 0 bridgehead atoms. The third kappa shape index (κ3) is 3.20. The first-order valence-corrected chi connectivity index (χ1v) is 6.59. The lowest BCUT2D eigenvalue weighted by molar-refractivity contribution is 0.923. The van der Waals surface area contributed by atoms with E-state index in [1.54, 1.807) is 0 Å². The summed E-state index contributed by atoms with van der Waals surface area (Å²) in [6.45, 7) is 0. The van der Waals surface area contributed by atoms with E-state index < -0.39 is 0 Å². The predicted octanol–water partition coefficient (Wildman–Crippen LogP) is 2.41. The molecule has 0 aromatic heterocycles. The van der Waals surface area contributed by atoms with E-state index in [0.29, 0.717) is 4.58 Å². The second-order valence-electron chi connectivity index (χ2n) is 2.26. The van der Waals surface area contributed by atoms with Crippen molar-refractivity contribution in [2.24, 2.45) is 0 Å². The van der Waals surface area contributed by atoms with E-state index in [-0.39, 0.29) is 0 Å². The Balaban J connectivity index is 2.13. The van der Waals surface area contributed by atoms with Gasteiger partial charge in [-0.3, -0.25) is 0 Å². The van der Waals surface area contributed by atoms with Crippen LogP contribution in [0.3, 0.4) is 0 Å². The van der Waals surface area contributed by atoms with Gasteiger partial charge in [-0.1, -0.05) is 0 Å². The number of hydrogen-bond donors (Lipinski definition) is 2. The summed E-state index contributed by atoms with van der Waals surface area (Å²) in [6, 6.07) is 0. The van der Waals surface area contributed by atoms with Gasteiger partial charge in [0, 0.05) is 16.8 Å². The zero-order valence-electron chi connectivity index (χ0n) is 5.69. The van der Waals surface area contributed by atoms with Crippen LogP contribution in [-0.2, 0) is 0 Å². The fourth-order valence-electron chi connectivity index (χ4n) is 0.844. The van der Waals surface area contributed by atoms with Crippen molar-refractivity contribution in [1.82, 2.24) is 0 Å². The first-order chi connectivity index (χ1) is 4.83. The Morgan fingerprint density at radius 1 is 1.30 bits per heavy atom. The van der Waals surface area contributed by atoms with Crippen LogP contribution in [0.2, 0.25) is 0 Å². The van der Waals surface area contributed by atoms with E-state index in [1.807, 2.05) is 23.5 Å². The van der Waals surface area contributed by atoms with Crippen molar-refractivity contribution in [3.8, 4) is 0 Å². The van der Waals surface area contributed by atoms with Crippen LogP contribution in [-0.4, -0.2) is 27.1 Å². The standard InChI is InChI=1S/C6H12S4/c7-2-1-5-3-10-6(8)4-9-5/h5-8H,1-4H2. The van der Waals surface area contributed by atoms with Crippen molar-refractivity contribution < 1.29 is 0 Å². The minimum absolute atomic E-state index is 0.571. The number of rotatable bonds is 2. The summed E-state index contributed by atoms with van der Waals surface area (Å²) in [6.07, 6.45) is 1.25. The van der Waals surface area contributed by atoms with Crippen LogP contribution in [0, 0.1) is 0 Å². The van der Waals surface area contributed by atoms with Gasteiger partial charge < -0.3 is 0 Å². The summed E-state index contributed by atoms with van der Waals surface area (Å²) in [4.78, 5) is 0. The van der Waals surface area contributed by atoms with Gasteiger partial charge in [-0.25, -0.2) is 0 Å². The smallest absolute Gasteiger partial charge is 0.0563 e. The first kappa shape index (κ1) is 9.49. The molecule has 0 aromatic carbocycles. The van der Waals surface area contributed by atoms with Gasteiger partial charge in [0.1, 0.15) is 0 Å². The summed E-state index contributed by atoms with van der Waals surface area (Å²) in [5.41, 5.74) is 0. The van der Waals surface area contributed by atoms with Crippen LogP contribution in [0.15, 0.2) is 0 Å². The zero-order valence-corrected chi connectivity index (χ0v) is 9.12. The Morgan fingerprint density at radius 3 is 2.60 bits per heavy atom. The molecule has 1 rings (SSSR count). The number of thiol groups is 2. The summed E-state index contributed by atoms with van der Waals surface area (Å²) in [5, 5.41) is 0.839. The Morgan fingerprint density at radius 2 is 2.10 bits per heavy atom. The van der Waals surface area contributed by atoms with Gasteiger partial charge in [-0.05, 0) is 12.2 Å². The Bertz CT molecular complexity index is 87.7. The molecule has 0 saturated carbocycles. The van der Waals surface area contributed by atoms with Gasteiger partial charge in [0.2, 0.25) is 0 Å². The lowest BCUT2D eigenvalue weighted by Crippen LogP contribution is -2.18. The number of hydrogen-bond acceptors (Lipinski definition) is 4. The largest absolute Gasteiger partial charge is 0.179 e. The minimum atomic E-state index is 0.571. The maximum absolute atomic E-state index is 4.39. The van der Waals surface area contributed by atoms with E-state index in [9.17, 15) is 0 Å². The van der Waals surface area contributed by atoms with Crippen molar-refractivity contribution >= 4 is 48.8 Å². The van der Waals surface area contributed by atoms with Crippen LogP contribution in [0.1, 0.15) is 6.42 Å². The highest BCUT2D eigenvalue weighted by atomic mass is 32.2. The van der Waals surface area contributed by atoms with E-state index in [0.717, 1.165) is 11.0 Å². The molecule has 0 aliphatic carbocycles. The lowest BCUT2D eigenvalue weighted by atomic mass is 10.4. The monoisotopic (exact) mass is 212 g/mol. The van der Waals surface area contributed by atoms with Gasteiger partial charge in [-0.15, -0.1) is 11.8 Å². The molecule has 4 heteroatoms. The summed E-state index contributed by atoms with van der Waals surface area (Å²) < 4.78 is 0.571. The van der Waals surface area contributed by atoms with Crippen LogP contribution >= 0.6 is 48.8 Å². The molecule has 2 unspecified atom stereocenters. The SMILES string of the molecule is SCCC1CSC(S)CS1. The van der Waals surface area contributed by atoms with Gasteiger partial charge in [0.15, 0.2) is 0 Å². The molecule has 1 fully saturated rings. The Kier molecular flexibility index (Phi) is 4.86.